The fraction of sp³-hybridized carbons (Fsp3) is 0.308. The quantitative estimate of drug-likeness (QED) is 0.268. The van der Waals surface area contributed by atoms with Gasteiger partial charge in [0.15, 0.2) is 0 Å². The number of azide groups is 1. The summed E-state index contributed by atoms with van der Waals surface area (Å²) in [4.78, 5) is 14.1. The van der Waals surface area contributed by atoms with E-state index in [1.165, 1.54) is 6.08 Å². The van der Waals surface area contributed by atoms with E-state index in [0.717, 1.165) is 11.3 Å². The Bertz CT molecular complexity index is 476. The molecule has 0 unspecified atom stereocenters. The van der Waals surface area contributed by atoms with Gasteiger partial charge in [-0.3, -0.25) is 4.79 Å². The molecule has 1 N–H and O–H groups in total. The van der Waals surface area contributed by atoms with E-state index in [0.29, 0.717) is 19.5 Å². The van der Waals surface area contributed by atoms with Crippen LogP contribution < -0.4 is 10.1 Å². The molecule has 1 aromatic rings. The van der Waals surface area contributed by atoms with Crippen molar-refractivity contribution in [3.63, 3.8) is 0 Å². The molecule has 1 aromatic carbocycles. The smallest absolute Gasteiger partial charge is 0.243 e. The van der Waals surface area contributed by atoms with E-state index in [-0.39, 0.29) is 5.91 Å². The molecule has 100 valence electrons. The van der Waals surface area contributed by atoms with Gasteiger partial charge in [-0.05, 0) is 35.7 Å². The summed E-state index contributed by atoms with van der Waals surface area (Å²) >= 11 is 0. The molecule has 19 heavy (non-hydrogen) atoms. The lowest BCUT2D eigenvalue weighted by atomic mass is 10.2. The van der Waals surface area contributed by atoms with Gasteiger partial charge in [-0.25, -0.2) is 0 Å². The van der Waals surface area contributed by atoms with E-state index in [4.69, 9.17) is 10.3 Å². The van der Waals surface area contributed by atoms with Gasteiger partial charge in [-0.2, -0.15) is 0 Å². The van der Waals surface area contributed by atoms with Crippen molar-refractivity contribution in [2.75, 3.05) is 20.2 Å². The van der Waals surface area contributed by atoms with Crippen molar-refractivity contribution in [2.24, 2.45) is 5.11 Å². The summed E-state index contributed by atoms with van der Waals surface area (Å²) in [5.74, 6) is 0.608. The van der Waals surface area contributed by atoms with Crippen LogP contribution in [0.4, 0.5) is 0 Å². The molecule has 6 nitrogen and oxygen atoms in total. The summed E-state index contributed by atoms with van der Waals surface area (Å²) in [6.45, 7) is 0.879. The predicted molar refractivity (Wildman–Crippen MR) is 73.7 cm³/mol. The highest BCUT2D eigenvalue weighted by atomic mass is 16.5. The molecular formula is C13H16N4O2. The molecule has 0 aliphatic carbocycles. The third-order valence-corrected chi connectivity index (χ3v) is 2.34. The minimum Gasteiger partial charge on any atom is -0.497 e. The topological polar surface area (TPSA) is 87.1 Å². The number of hydrogen-bond donors (Lipinski definition) is 1. The molecule has 0 radical (unpaired) electrons. The Morgan fingerprint density at radius 2 is 2.21 bits per heavy atom. The van der Waals surface area contributed by atoms with Crippen LogP contribution in [0.1, 0.15) is 12.0 Å². The Balaban J connectivity index is 2.34. The molecule has 0 atom stereocenters. The predicted octanol–water partition coefficient (Wildman–Crippen LogP) is 2.53. The van der Waals surface area contributed by atoms with Crippen molar-refractivity contribution in [3.8, 4) is 5.75 Å². The molecule has 0 aliphatic rings. The van der Waals surface area contributed by atoms with Gasteiger partial charge in [-0.1, -0.05) is 17.2 Å². The number of ether oxygens (including phenoxy) is 1. The van der Waals surface area contributed by atoms with Gasteiger partial charge in [0.05, 0.1) is 7.11 Å². The second-order valence-corrected chi connectivity index (χ2v) is 3.71. The maximum Gasteiger partial charge on any atom is 0.243 e. The maximum absolute atomic E-state index is 11.4. The Morgan fingerprint density at radius 3 is 2.84 bits per heavy atom. The SMILES string of the molecule is COc1ccc(C=CC(=O)NCCCN=[N+]=[N-])cc1. The maximum atomic E-state index is 11.4. The Morgan fingerprint density at radius 1 is 1.47 bits per heavy atom. The van der Waals surface area contributed by atoms with E-state index in [1.54, 1.807) is 13.2 Å². The average molecular weight is 260 g/mol. The third kappa shape index (κ3) is 6.14. The number of carbonyl (C=O) groups excluding carboxylic acids is 1. The van der Waals surface area contributed by atoms with Crippen LogP contribution >= 0.6 is 0 Å². The van der Waals surface area contributed by atoms with Gasteiger partial charge < -0.3 is 10.1 Å². The molecule has 0 spiro atoms. The number of hydrogen-bond acceptors (Lipinski definition) is 3. The third-order valence-electron chi connectivity index (χ3n) is 2.34. The summed E-state index contributed by atoms with van der Waals surface area (Å²) in [5.41, 5.74) is 8.99. The number of rotatable bonds is 7. The van der Waals surface area contributed by atoms with E-state index in [2.05, 4.69) is 15.3 Å². The van der Waals surface area contributed by atoms with Gasteiger partial charge in [0.25, 0.3) is 0 Å². The molecule has 0 heterocycles. The first-order chi connectivity index (χ1) is 9.26. The zero-order chi connectivity index (χ0) is 13.9. The second kappa shape index (κ2) is 8.60. The molecule has 0 fully saturated rings. The number of amides is 1. The van der Waals surface area contributed by atoms with Crippen LogP contribution in [0.3, 0.4) is 0 Å². The number of carbonyl (C=O) groups is 1. The summed E-state index contributed by atoms with van der Waals surface area (Å²) < 4.78 is 5.04. The monoisotopic (exact) mass is 260 g/mol. The minimum atomic E-state index is -0.170. The van der Waals surface area contributed by atoms with Crippen molar-refractivity contribution >= 4 is 12.0 Å². The van der Waals surface area contributed by atoms with Gasteiger partial charge >= 0.3 is 0 Å². The van der Waals surface area contributed by atoms with Crippen molar-refractivity contribution in [1.29, 1.82) is 0 Å². The minimum absolute atomic E-state index is 0.170. The first kappa shape index (κ1) is 14.6. The highest BCUT2D eigenvalue weighted by Crippen LogP contribution is 2.12. The van der Waals surface area contributed by atoms with Gasteiger partial charge in [0, 0.05) is 24.1 Å². The first-order valence-electron chi connectivity index (χ1n) is 5.87. The molecule has 1 amide bonds. The molecule has 6 heteroatoms. The highest BCUT2D eigenvalue weighted by molar-refractivity contribution is 5.91. The van der Waals surface area contributed by atoms with E-state index >= 15 is 0 Å². The summed E-state index contributed by atoms with van der Waals surface area (Å²) in [6.07, 6.45) is 3.82. The molecule has 0 aromatic heterocycles. The van der Waals surface area contributed by atoms with Crippen molar-refractivity contribution in [3.05, 3.63) is 46.3 Å². The zero-order valence-electron chi connectivity index (χ0n) is 10.7. The molecule has 0 saturated heterocycles. The molecule has 1 rings (SSSR count). The van der Waals surface area contributed by atoms with Gasteiger partial charge in [-0.15, -0.1) is 0 Å². The highest BCUT2D eigenvalue weighted by Gasteiger charge is 1.95. The Kier molecular flexibility index (Phi) is 6.61. The van der Waals surface area contributed by atoms with Crippen LogP contribution in [0.5, 0.6) is 5.75 Å². The van der Waals surface area contributed by atoms with Gasteiger partial charge in [0.1, 0.15) is 5.75 Å². The summed E-state index contributed by atoms with van der Waals surface area (Å²) in [7, 11) is 1.61. The Labute approximate surface area is 111 Å². The summed E-state index contributed by atoms with van der Waals surface area (Å²) in [5, 5.41) is 6.08. The largest absolute Gasteiger partial charge is 0.497 e. The molecular weight excluding hydrogens is 244 g/mol. The van der Waals surface area contributed by atoms with Crippen molar-refractivity contribution < 1.29 is 9.53 Å². The second-order valence-electron chi connectivity index (χ2n) is 3.71. The number of nitrogens with zero attached hydrogens (tertiary/aromatic N) is 3. The summed E-state index contributed by atoms with van der Waals surface area (Å²) in [6, 6.07) is 7.39. The lowest BCUT2D eigenvalue weighted by Crippen LogP contribution is -2.22. The fourth-order valence-electron chi connectivity index (χ4n) is 1.35. The van der Waals surface area contributed by atoms with Crippen LogP contribution in [-0.2, 0) is 4.79 Å². The molecule has 0 bridgehead atoms. The van der Waals surface area contributed by atoms with Crippen LogP contribution in [0.15, 0.2) is 35.5 Å². The Hall–Kier alpha value is -2.46. The lowest BCUT2D eigenvalue weighted by Gasteiger charge is -2.00. The van der Waals surface area contributed by atoms with Crippen LogP contribution in [-0.4, -0.2) is 26.1 Å². The normalized spacial score (nSPS) is 9.95. The van der Waals surface area contributed by atoms with Crippen molar-refractivity contribution in [2.45, 2.75) is 6.42 Å². The fourth-order valence-corrected chi connectivity index (χ4v) is 1.35. The number of methoxy groups -OCH3 is 1. The number of benzene rings is 1. The van der Waals surface area contributed by atoms with Crippen LogP contribution in [0, 0.1) is 0 Å². The van der Waals surface area contributed by atoms with Gasteiger partial charge in [0.2, 0.25) is 5.91 Å². The van der Waals surface area contributed by atoms with Crippen LogP contribution in [0.2, 0.25) is 0 Å². The van der Waals surface area contributed by atoms with E-state index in [9.17, 15) is 4.79 Å². The van der Waals surface area contributed by atoms with Crippen molar-refractivity contribution in [1.82, 2.24) is 5.32 Å². The zero-order valence-corrected chi connectivity index (χ0v) is 10.7. The first-order valence-corrected chi connectivity index (χ1v) is 5.87. The molecule has 0 saturated carbocycles. The van der Waals surface area contributed by atoms with Crippen LogP contribution in [0.25, 0.3) is 16.5 Å². The average Bonchev–Trinajstić information content (AvgIpc) is 2.45. The molecule has 0 aliphatic heterocycles. The van der Waals surface area contributed by atoms with E-state index in [1.807, 2.05) is 24.3 Å². The lowest BCUT2D eigenvalue weighted by molar-refractivity contribution is -0.116. The number of nitrogens with one attached hydrogen (secondary N) is 1. The van der Waals surface area contributed by atoms with E-state index < -0.39 is 0 Å². The standard InChI is InChI=1S/C13H16N4O2/c1-19-12-6-3-11(4-7-12)5-8-13(18)15-9-2-10-16-17-14/h3-8H,2,9-10H2,1H3,(H,15,18).